The van der Waals surface area contributed by atoms with Gasteiger partial charge in [0, 0.05) is 36.9 Å². The Hall–Kier alpha value is -2.09. The molecule has 6 nitrogen and oxygen atoms in total. The zero-order valence-corrected chi connectivity index (χ0v) is 17.7. The van der Waals surface area contributed by atoms with Crippen molar-refractivity contribution in [1.29, 1.82) is 0 Å². The Morgan fingerprint density at radius 1 is 0.966 bits per heavy atom. The summed E-state index contributed by atoms with van der Waals surface area (Å²) in [7, 11) is -3.52. The number of fused-ring (bicyclic) bond motifs is 1. The van der Waals surface area contributed by atoms with Gasteiger partial charge in [-0.3, -0.25) is 4.79 Å². The molecule has 1 amide bonds. The van der Waals surface area contributed by atoms with Gasteiger partial charge in [0.05, 0.1) is 11.4 Å². The van der Waals surface area contributed by atoms with Crippen LogP contribution in [-0.2, 0) is 27.7 Å². The number of aryl methyl sites for hydroxylation is 2. The number of nitrogens with zero attached hydrogens (tertiary/aromatic N) is 2. The van der Waals surface area contributed by atoms with E-state index in [9.17, 15) is 13.2 Å². The highest BCUT2D eigenvalue weighted by Crippen LogP contribution is 2.26. The van der Waals surface area contributed by atoms with E-state index in [1.165, 1.54) is 9.87 Å². The molecule has 0 bridgehead atoms. The van der Waals surface area contributed by atoms with Gasteiger partial charge in [-0.15, -0.1) is 0 Å². The Kier molecular flexibility index (Phi) is 5.81. The maximum absolute atomic E-state index is 13.0. The van der Waals surface area contributed by atoms with Crippen molar-refractivity contribution in [2.75, 3.05) is 38.0 Å². The molecule has 2 aromatic rings. The lowest BCUT2D eigenvalue weighted by atomic mass is 10.1. The lowest BCUT2D eigenvalue weighted by Crippen LogP contribution is -2.51. The van der Waals surface area contributed by atoms with Gasteiger partial charge in [-0.05, 0) is 66.8 Å². The number of nitrogens with one attached hydrogen (secondary N) is 1. The Morgan fingerprint density at radius 2 is 1.66 bits per heavy atom. The minimum Gasteiger partial charge on any atom is -0.376 e. The largest absolute Gasteiger partial charge is 0.376 e. The average molecular weight is 434 g/mol. The van der Waals surface area contributed by atoms with E-state index < -0.39 is 10.0 Å². The van der Waals surface area contributed by atoms with Crippen LogP contribution in [0.4, 0.5) is 5.69 Å². The second kappa shape index (κ2) is 8.34. The quantitative estimate of drug-likeness (QED) is 0.787. The number of hydrogen-bond acceptors (Lipinski definition) is 4. The van der Waals surface area contributed by atoms with E-state index in [1.54, 1.807) is 23.1 Å². The first kappa shape index (κ1) is 20.2. The van der Waals surface area contributed by atoms with E-state index in [2.05, 4.69) is 5.32 Å². The number of halogens is 1. The molecule has 0 aromatic heterocycles. The molecule has 1 aliphatic carbocycles. The summed E-state index contributed by atoms with van der Waals surface area (Å²) in [6, 6.07) is 12.6. The predicted molar refractivity (Wildman–Crippen MR) is 114 cm³/mol. The summed E-state index contributed by atoms with van der Waals surface area (Å²) in [5.41, 5.74) is 3.22. The normalized spacial score (nSPS) is 17.2. The Morgan fingerprint density at radius 3 is 2.38 bits per heavy atom. The van der Waals surface area contributed by atoms with Crippen molar-refractivity contribution in [1.82, 2.24) is 9.21 Å². The van der Waals surface area contributed by atoms with Crippen molar-refractivity contribution in [2.24, 2.45) is 0 Å². The summed E-state index contributed by atoms with van der Waals surface area (Å²) >= 11 is 5.86. The van der Waals surface area contributed by atoms with Crippen molar-refractivity contribution in [3.8, 4) is 0 Å². The minimum atomic E-state index is -3.52. The molecule has 2 aromatic carbocycles. The fourth-order valence-corrected chi connectivity index (χ4v) is 5.49. The van der Waals surface area contributed by atoms with Crippen LogP contribution < -0.4 is 5.32 Å². The first-order valence-corrected chi connectivity index (χ1v) is 11.6. The molecular weight excluding hydrogens is 410 g/mol. The number of anilines is 1. The molecule has 1 fully saturated rings. The van der Waals surface area contributed by atoms with Crippen LogP contribution in [0, 0.1) is 0 Å². The van der Waals surface area contributed by atoms with Gasteiger partial charge >= 0.3 is 0 Å². The summed E-state index contributed by atoms with van der Waals surface area (Å²) in [6.07, 6.45) is 3.06. The number of carbonyl (C=O) groups is 1. The monoisotopic (exact) mass is 433 g/mol. The van der Waals surface area contributed by atoms with Crippen molar-refractivity contribution < 1.29 is 13.2 Å². The number of rotatable bonds is 5. The third-order valence-electron chi connectivity index (χ3n) is 5.59. The first-order valence-electron chi connectivity index (χ1n) is 9.83. The lowest BCUT2D eigenvalue weighted by Gasteiger charge is -2.34. The van der Waals surface area contributed by atoms with Gasteiger partial charge < -0.3 is 10.2 Å². The third kappa shape index (κ3) is 4.42. The van der Waals surface area contributed by atoms with E-state index in [4.69, 9.17) is 11.6 Å². The van der Waals surface area contributed by atoms with Gasteiger partial charge in [-0.1, -0.05) is 17.7 Å². The van der Waals surface area contributed by atoms with Crippen LogP contribution in [0.15, 0.2) is 47.4 Å². The SMILES string of the molecule is O=C(CNc1ccc(Cl)cc1)N1CCN(S(=O)(=O)c2ccc3c(c2)CCC3)CC1. The Balaban J connectivity index is 1.33. The van der Waals surface area contributed by atoms with Gasteiger partial charge in [0.2, 0.25) is 15.9 Å². The first-order chi connectivity index (χ1) is 13.9. The standard InChI is InChI=1S/C21H24ClN3O3S/c22-18-5-7-19(8-6-18)23-15-21(26)24-10-12-25(13-11-24)29(27,28)20-9-4-16-2-1-3-17(16)14-20/h4-9,14,23H,1-3,10-13,15H2. The molecule has 8 heteroatoms. The predicted octanol–water partition coefficient (Wildman–Crippen LogP) is 2.77. The smallest absolute Gasteiger partial charge is 0.243 e. The summed E-state index contributed by atoms with van der Waals surface area (Å²) in [4.78, 5) is 14.5. The van der Waals surface area contributed by atoms with E-state index in [1.807, 2.05) is 24.3 Å². The number of hydrogen-bond donors (Lipinski definition) is 1. The van der Waals surface area contributed by atoms with Gasteiger partial charge in [0.25, 0.3) is 0 Å². The van der Waals surface area contributed by atoms with E-state index in [0.29, 0.717) is 36.1 Å². The van der Waals surface area contributed by atoms with Gasteiger partial charge in [0.15, 0.2) is 0 Å². The van der Waals surface area contributed by atoms with Crippen molar-refractivity contribution >= 4 is 33.2 Å². The zero-order valence-electron chi connectivity index (χ0n) is 16.1. The molecule has 1 saturated heterocycles. The van der Waals surface area contributed by atoms with Crippen LogP contribution in [0.3, 0.4) is 0 Å². The zero-order chi connectivity index (χ0) is 20.4. The number of piperazine rings is 1. The third-order valence-corrected chi connectivity index (χ3v) is 7.73. The minimum absolute atomic E-state index is 0.0467. The highest BCUT2D eigenvalue weighted by Gasteiger charge is 2.30. The maximum Gasteiger partial charge on any atom is 0.243 e. The Bertz CT molecular complexity index is 1000. The lowest BCUT2D eigenvalue weighted by molar-refractivity contribution is -0.130. The molecule has 1 aliphatic heterocycles. The fraction of sp³-hybridized carbons (Fsp3) is 0.381. The highest BCUT2D eigenvalue weighted by atomic mass is 35.5. The molecule has 0 unspecified atom stereocenters. The second-order valence-corrected chi connectivity index (χ2v) is 9.80. The second-order valence-electron chi connectivity index (χ2n) is 7.43. The number of benzene rings is 2. The van der Waals surface area contributed by atoms with E-state index >= 15 is 0 Å². The van der Waals surface area contributed by atoms with Crippen LogP contribution in [-0.4, -0.2) is 56.3 Å². The molecule has 2 aliphatic rings. The number of sulfonamides is 1. The molecule has 0 atom stereocenters. The topological polar surface area (TPSA) is 69.7 Å². The fourth-order valence-electron chi connectivity index (χ4n) is 3.89. The van der Waals surface area contributed by atoms with Gasteiger partial charge in [-0.2, -0.15) is 4.31 Å². The average Bonchev–Trinajstić information content (AvgIpc) is 3.21. The van der Waals surface area contributed by atoms with Crippen LogP contribution >= 0.6 is 11.6 Å². The molecule has 1 N–H and O–H groups in total. The highest BCUT2D eigenvalue weighted by molar-refractivity contribution is 7.89. The summed E-state index contributed by atoms with van der Waals surface area (Å²) in [5, 5.41) is 3.72. The van der Waals surface area contributed by atoms with Crippen LogP contribution in [0.2, 0.25) is 5.02 Å². The maximum atomic E-state index is 13.0. The van der Waals surface area contributed by atoms with Gasteiger partial charge in [0.1, 0.15) is 0 Å². The molecular formula is C21H24ClN3O3S. The molecule has 1 heterocycles. The van der Waals surface area contributed by atoms with E-state index in [0.717, 1.165) is 30.5 Å². The summed E-state index contributed by atoms with van der Waals surface area (Å²) in [6.45, 7) is 1.58. The summed E-state index contributed by atoms with van der Waals surface area (Å²) in [5.74, 6) is -0.0467. The molecule has 0 saturated carbocycles. The molecule has 0 spiro atoms. The van der Waals surface area contributed by atoms with Crippen LogP contribution in [0.25, 0.3) is 0 Å². The number of amides is 1. The molecule has 4 rings (SSSR count). The van der Waals surface area contributed by atoms with Crippen molar-refractivity contribution in [2.45, 2.75) is 24.2 Å². The van der Waals surface area contributed by atoms with E-state index in [-0.39, 0.29) is 12.5 Å². The van der Waals surface area contributed by atoms with Crippen molar-refractivity contribution in [3.63, 3.8) is 0 Å². The van der Waals surface area contributed by atoms with Crippen molar-refractivity contribution in [3.05, 3.63) is 58.6 Å². The number of carbonyl (C=O) groups excluding carboxylic acids is 1. The van der Waals surface area contributed by atoms with Crippen LogP contribution in [0.5, 0.6) is 0 Å². The van der Waals surface area contributed by atoms with Crippen LogP contribution in [0.1, 0.15) is 17.5 Å². The molecule has 29 heavy (non-hydrogen) atoms. The molecule has 0 radical (unpaired) electrons. The molecule has 154 valence electrons. The van der Waals surface area contributed by atoms with Gasteiger partial charge in [-0.25, -0.2) is 8.42 Å². The Labute approximate surface area is 176 Å². The summed E-state index contributed by atoms with van der Waals surface area (Å²) < 4.78 is 27.5.